The molecular formula is C13H10NO2-. The molecule has 0 spiro atoms. The lowest BCUT2D eigenvalue weighted by molar-refractivity contribution is -0.313. The summed E-state index contributed by atoms with van der Waals surface area (Å²) < 4.78 is 0. The van der Waals surface area contributed by atoms with E-state index in [1.54, 1.807) is 0 Å². The van der Waals surface area contributed by atoms with Crippen LogP contribution in [0, 0.1) is 17.2 Å². The molecule has 0 bridgehead atoms. The normalized spacial score (nSPS) is 24.7. The van der Waals surface area contributed by atoms with Crippen LogP contribution in [0.15, 0.2) is 42.2 Å². The topological polar surface area (TPSA) is 63.9 Å². The molecule has 1 aromatic carbocycles. The molecule has 80 valence electrons. The molecule has 2 atom stereocenters. The van der Waals surface area contributed by atoms with Crippen LogP contribution in [0.1, 0.15) is 17.9 Å². The third kappa shape index (κ3) is 1.82. The van der Waals surface area contributed by atoms with E-state index in [0.29, 0.717) is 0 Å². The highest BCUT2D eigenvalue weighted by atomic mass is 16.3. The molecule has 2 rings (SSSR count). The van der Waals surface area contributed by atoms with Gasteiger partial charge in [0.2, 0.25) is 0 Å². The molecule has 2 unspecified atom stereocenters. The Morgan fingerprint density at radius 3 is 2.62 bits per heavy atom. The highest BCUT2D eigenvalue weighted by Crippen LogP contribution is 2.34. The number of nitriles is 1. The highest BCUT2D eigenvalue weighted by molar-refractivity contribution is 5.92. The quantitative estimate of drug-likeness (QED) is 0.700. The van der Waals surface area contributed by atoms with Gasteiger partial charge in [-0.15, -0.1) is 5.76 Å². The molecule has 0 fully saturated rings. The van der Waals surface area contributed by atoms with Crippen molar-refractivity contribution in [2.45, 2.75) is 12.3 Å². The predicted octanol–water partition coefficient (Wildman–Crippen LogP) is 1.13. The number of ketones is 1. The summed E-state index contributed by atoms with van der Waals surface area (Å²) in [6, 6.07) is 11.2. The van der Waals surface area contributed by atoms with E-state index in [2.05, 4.69) is 0 Å². The zero-order valence-corrected chi connectivity index (χ0v) is 8.59. The Morgan fingerprint density at radius 1 is 1.31 bits per heavy atom. The minimum atomic E-state index is -0.722. The first-order valence-corrected chi connectivity index (χ1v) is 5.08. The van der Waals surface area contributed by atoms with E-state index in [1.807, 2.05) is 36.4 Å². The smallest absolute Gasteiger partial charge is 0.155 e. The first kappa shape index (κ1) is 10.4. The van der Waals surface area contributed by atoms with E-state index < -0.39 is 5.92 Å². The van der Waals surface area contributed by atoms with Gasteiger partial charge in [-0.25, -0.2) is 0 Å². The minimum Gasteiger partial charge on any atom is -0.874 e. The third-order valence-electron chi connectivity index (χ3n) is 2.80. The Balaban J connectivity index is 2.39. The van der Waals surface area contributed by atoms with Gasteiger partial charge in [0.15, 0.2) is 5.78 Å². The molecular weight excluding hydrogens is 202 g/mol. The van der Waals surface area contributed by atoms with Gasteiger partial charge in [0, 0.05) is 12.3 Å². The summed E-state index contributed by atoms with van der Waals surface area (Å²) in [6.45, 7) is 0. The number of benzene rings is 1. The summed E-state index contributed by atoms with van der Waals surface area (Å²) in [5.41, 5.74) is 0.879. The zero-order valence-electron chi connectivity index (χ0n) is 8.59. The van der Waals surface area contributed by atoms with E-state index >= 15 is 0 Å². The Kier molecular flexibility index (Phi) is 2.74. The molecule has 16 heavy (non-hydrogen) atoms. The van der Waals surface area contributed by atoms with Crippen molar-refractivity contribution in [2.24, 2.45) is 5.92 Å². The summed E-state index contributed by atoms with van der Waals surface area (Å²) >= 11 is 0. The summed E-state index contributed by atoms with van der Waals surface area (Å²) in [7, 11) is 0. The maximum atomic E-state index is 11.5. The van der Waals surface area contributed by atoms with Gasteiger partial charge in [-0.2, -0.15) is 5.26 Å². The number of allylic oxidation sites excluding steroid dienone is 2. The minimum absolute atomic E-state index is 0.189. The number of hydrogen-bond acceptors (Lipinski definition) is 3. The van der Waals surface area contributed by atoms with Gasteiger partial charge in [-0.1, -0.05) is 30.3 Å². The van der Waals surface area contributed by atoms with Crippen molar-refractivity contribution >= 4 is 5.78 Å². The van der Waals surface area contributed by atoms with E-state index in [1.165, 1.54) is 0 Å². The fourth-order valence-electron chi connectivity index (χ4n) is 2.00. The Labute approximate surface area is 93.6 Å². The van der Waals surface area contributed by atoms with E-state index in [9.17, 15) is 9.90 Å². The largest absolute Gasteiger partial charge is 0.874 e. The van der Waals surface area contributed by atoms with Crippen molar-refractivity contribution in [2.75, 3.05) is 0 Å². The summed E-state index contributed by atoms with van der Waals surface area (Å²) in [5.74, 6) is -1.57. The lowest BCUT2D eigenvalue weighted by Crippen LogP contribution is -2.28. The van der Waals surface area contributed by atoms with Gasteiger partial charge in [-0.05, 0) is 11.6 Å². The molecule has 0 radical (unpaired) electrons. The van der Waals surface area contributed by atoms with Crippen molar-refractivity contribution in [3.05, 3.63) is 47.7 Å². The van der Waals surface area contributed by atoms with Crippen LogP contribution in [0.3, 0.4) is 0 Å². The maximum absolute atomic E-state index is 11.5. The zero-order chi connectivity index (χ0) is 11.5. The Hall–Kier alpha value is -2.08. The van der Waals surface area contributed by atoms with Crippen LogP contribution in [0.25, 0.3) is 0 Å². The Morgan fingerprint density at radius 2 is 2.00 bits per heavy atom. The molecule has 0 N–H and O–H groups in total. The second-order valence-corrected chi connectivity index (χ2v) is 3.84. The van der Waals surface area contributed by atoms with Crippen molar-refractivity contribution in [1.82, 2.24) is 0 Å². The first-order valence-electron chi connectivity index (χ1n) is 5.08. The molecule has 3 nitrogen and oxygen atoms in total. The lowest BCUT2D eigenvalue weighted by atomic mass is 9.78. The second kappa shape index (κ2) is 4.19. The van der Waals surface area contributed by atoms with Gasteiger partial charge >= 0.3 is 0 Å². The fourth-order valence-corrected chi connectivity index (χ4v) is 2.00. The average Bonchev–Trinajstić information content (AvgIpc) is 2.29. The molecule has 0 aliphatic heterocycles. The molecule has 0 heterocycles. The second-order valence-electron chi connectivity index (χ2n) is 3.84. The van der Waals surface area contributed by atoms with Crippen molar-refractivity contribution < 1.29 is 9.90 Å². The molecule has 1 aliphatic rings. The number of hydrogen-bond donors (Lipinski definition) is 0. The van der Waals surface area contributed by atoms with Crippen LogP contribution in [0.2, 0.25) is 0 Å². The van der Waals surface area contributed by atoms with Crippen molar-refractivity contribution in [1.29, 1.82) is 5.26 Å². The summed E-state index contributed by atoms with van der Waals surface area (Å²) in [5, 5.41) is 20.5. The lowest BCUT2D eigenvalue weighted by Gasteiger charge is -2.30. The van der Waals surface area contributed by atoms with Crippen molar-refractivity contribution in [3.8, 4) is 6.07 Å². The molecule has 3 heteroatoms. The molecule has 1 aromatic rings. The van der Waals surface area contributed by atoms with Crippen LogP contribution in [0.5, 0.6) is 0 Å². The summed E-state index contributed by atoms with van der Waals surface area (Å²) in [4.78, 5) is 11.3. The van der Waals surface area contributed by atoms with Crippen molar-refractivity contribution in [3.63, 3.8) is 0 Å². The molecule has 0 aromatic heterocycles. The van der Waals surface area contributed by atoms with Gasteiger partial charge in [0.1, 0.15) is 0 Å². The number of carbonyl (C=O) groups is 1. The van der Waals surface area contributed by atoms with Crippen LogP contribution < -0.4 is 5.11 Å². The predicted molar refractivity (Wildman–Crippen MR) is 56.0 cm³/mol. The highest BCUT2D eigenvalue weighted by Gasteiger charge is 2.28. The first-order chi connectivity index (χ1) is 7.72. The van der Waals surface area contributed by atoms with Gasteiger partial charge < -0.3 is 5.11 Å². The average molecular weight is 212 g/mol. The molecule has 0 saturated heterocycles. The molecule has 0 saturated carbocycles. The van der Waals surface area contributed by atoms with Crippen LogP contribution in [-0.4, -0.2) is 5.78 Å². The maximum Gasteiger partial charge on any atom is 0.155 e. The third-order valence-corrected chi connectivity index (χ3v) is 2.80. The van der Waals surface area contributed by atoms with E-state index in [4.69, 9.17) is 5.26 Å². The van der Waals surface area contributed by atoms with Crippen LogP contribution in [-0.2, 0) is 4.79 Å². The standard InChI is InChI=1S/C13H11NO2/c14-8-12-11(6-10(15)7-13(12)16)9-4-2-1-3-5-9/h1-5,7,11-12,16H,6H2/p-1. The number of nitrogens with zero attached hydrogens (tertiary/aromatic N) is 1. The molecule has 0 amide bonds. The van der Waals surface area contributed by atoms with Crippen LogP contribution >= 0.6 is 0 Å². The van der Waals surface area contributed by atoms with Gasteiger partial charge in [0.05, 0.1) is 12.0 Å². The molecule has 1 aliphatic carbocycles. The van der Waals surface area contributed by atoms with E-state index in [-0.39, 0.29) is 23.9 Å². The monoisotopic (exact) mass is 212 g/mol. The SMILES string of the molecule is N#CC1C([O-])=CC(=O)CC1c1ccccc1. The Bertz CT molecular complexity index is 470. The fraction of sp³-hybridized carbons (Fsp3) is 0.231. The number of rotatable bonds is 1. The van der Waals surface area contributed by atoms with E-state index in [0.717, 1.165) is 11.6 Å². The van der Waals surface area contributed by atoms with Gasteiger partial charge in [0.25, 0.3) is 0 Å². The van der Waals surface area contributed by atoms with Gasteiger partial charge in [-0.3, -0.25) is 4.79 Å². The van der Waals surface area contributed by atoms with Crippen LogP contribution in [0.4, 0.5) is 0 Å². The number of carbonyl (C=O) groups excluding carboxylic acids is 1. The summed E-state index contributed by atoms with van der Waals surface area (Å²) in [6.07, 6.45) is 1.29.